The molecule has 0 atom stereocenters. The largest absolute Gasteiger partial charge is 0.492 e. The van der Waals surface area contributed by atoms with Crippen LogP contribution in [0.1, 0.15) is 56.3 Å². The van der Waals surface area contributed by atoms with Crippen molar-refractivity contribution in [3.05, 3.63) is 81.5 Å². The second kappa shape index (κ2) is 10.9. The van der Waals surface area contributed by atoms with Crippen LogP contribution in [0.4, 0.5) is 0 Å². The van der Waals surface area contributed by atoms with Crippen LogP contribution in [0.2, 0.25) is 5.02 Å². The van der Waals surface area contributed by atoms with Gasteiger partial charge < -0.3 is 4.74 Å². The summed E-state index contributed by atoms with van der Waals surface area (Å²) in [6.45, 7) is 3.69. The van der Waals surface area contributed by atoms with Crippen molar-refractivity contribution in [2.75, 3.05) is 6.61 Å². The first-order chi connectivity index (χ1) is 15.6. The number of para-hydroxylation sites is 1. The maximum atomic E-state index is 12.9. The minimum atomic E-state index is -0.0221. The van der Waals surface area contributed by atoms with Crippen molar-refractivity contribution in [1.82, 2.24) is 14.3 Å². The molecule has 1 aliphatic carbocycles. The second-order valence-corrected chi connectivity index (χ2v) is 9.09. The molecule has 6 heteroatoms. The molecule has 1 aliphatic rings. The highest BCUT2D eigenvalue weighted by Crippen LogP contribution is 2.37. The fraction of sp³-hybridized carbons (Fsp3) is 0.462. The summed E-state index contributed by atoms with van der Waals surface area (Å²) in [5, 5.41) is 5.43. The molecule has 3 aromatic rings. The zero-order valence-electron chi connectivity index (χ0n) is 18.8. The number of halogens is 1. The van der Waals surface area contributed by atoms with Crippen LogP contribution < -0.4 is 10.4 Å². The number of aryl methyl sites for hydroxylation is 2. The van der Waals surface area contributed by atoms with E-state index in [2.05, 4.69) is 17.2 Å². The van der Waals surface area contributed by atoms with E-state index in [4.69, 9.17) is 16.3 Å². The lowest BCUT2D eigenvalue weighted by Crippen LogP contribution is -2.28. The maximum Gasteiger partial charge on any atom is 0.346 e. The summed E-state index contributed by atoms with van der Waals surface area (Å²) in [5.41, 5.74) is 1.34. The Morgan fingerprint density at radius 2 is 1.81 bits per heavy atom. The van der Waals surface area contributed by atoms with Gasteiger partial charge in [0.15, 0.2) is 0 Å². The molecule has 32 heavy (non-hydrogen) atoms. The first-order valence-electron chi connectivity index (χ1n) is 11.7. The van der Waals surface area contributed by atoms with Crippen molar-refractivity contribution in [3.63, 3.8) is 0 Å². The van der Waals surface area contributed by atoms with E-state index in [1.807, 2.05) is 49.4 Å². The first kappa shape index (κ1) is 22.7. The Bertz CT molecular complexity index is 1050. The molecule has 4 rings (SSSR count). The van der Waals surface area contributed by atoms with Crippen molar-refractivity contribution in [2.24, 2.45) is 5.92 Å². The molecule has 5 nitrogen and oxygen atoms in total. The quantitative estimate of drug-likeness (QED) is 0.417. The van der Waals surface area contributed by atoms with Gasteiger partial charge >= 0.3 is 5.69 Å². The Kier molecular flexibility index (Phi) is 7.69. The third-order valence-electron chi connectivity index (χ3n) is 6.56. The van der Waals surface area contributed by atoms with Crippen molar-refractivity contribution in [3.8, 4) is 5.75 Å². The lowest BCUT2D eigenvalue weighted by Gasteiger charge is -2.28. The minimum Gasteiger partial charge on any atom is -0.492 e. The first-order valence-corrected chi connectivity index (χ1v) is 12.1. The highest BCUT2D eigenvalue weighted by molar-refractivity contribution is 6.30. The number of nitrogens with zero attached hydrogens (tertiary/aromatic N) is 3. The molecule has 1 heterocycles. The van der Waals surface area contributed by atoms with Crippen LogP contribution in [-0.4, -0.2) is 21.0 Å². The molecule has 1 fully saturated rings. The molecule has 0 saturated heterocycles. The summed E-state index contributed by atoms with van der Waals surface area (Å²) in [7, 11) is 0. The van der Waals surface area contributed by atoms with E-state index < -0.39 is 0 Å². The van der Waals surface area contributed by atoms with Gasteiger partial charge in [0, 0.05) is 18.0 Å². The van der Waals surface area contributed by atoms with E-state index >= 15 is 0 Å². The fourth-order valence-electron chi connectivity index (χ4n) is 4.74. The Morgan fingerprint density at radius 1 is 1.03 bits per heavy atom. The lowest BCUT2D eigenvalue weighted by molar-refractivity contribution is 0.288. The van der Waals surface area contributed by atoms with E-state index in [0.29, 0.717) is 31.5 Å². The second-order valence-electron chi connectivity index (χ2n) is 8.65. The predicted octanol–water partition coefficient (Wildman–Crippen LogP) is 5.70. The number of aromatic nitrogens is 3. The normalized spacial score (nSPS) is 18.6. The van der Waals surface area contributed by atoms with Crippen molar-refractivity contribution in [1.29, 1.82) is 0 Å². The zero-order valence-corrected chi connectivity index (χ0v) is 19.5. The standard InChI is InChI=1S/C26H32ClN3O2/c1-2-25-28-30(26(31)29(25)17-18-32-24-9-4-3-5-10-24)16-15-20-11-13-21(14-12-20)22-7-6-8-23(27)19-22/h3-10,19-21H,2,11-18H2,1H3. The molecule has 1 saturated carbocycles. The molecule has 0 unspecified atom stereocenters. The van der Waals surface area contributed by atoms with Gasteiger partial charge in [-0.25, -0.2) is 9.48 Å². The molecule has 0 radical (unpaired) electrons. The molecule has 0 spiro atoms. The Balaban J connectivity index is 1.29. The van der Waals surface area contributed by atoms with Gasteiger partial charge in [-0.2, -0.15) is 5.10 Å². The highest BCUT2D eigenvalue weighted by atomic mass is 35.5. The lowest BCUT2D eigenvalue weighted by atomic mass is 9.77. The van der Waals surface area contributed by atoms with Gasteiger partial charge in [0.05, 0.1) is 6.54 Å². The van der Waals surface area contributed by atoms with Gasteiger partial charge in [-0.1, -0.05) is 48.9 Å². The molecular weight excluding hydrogens is 422 g/mol. The summed E-state index contributed by atoms with van der Waals surface area (Å²) in [6, 6.07) is 18.0. The van der Waals surface area contributed by atoms with Crippen LogP contribution in [-0.2, 0) is 19.5 Å². The molecular formula is C26H32ClN3O2. The van der Waals surface area contributed by atoms with Crippen molar-refractivity contribution < 1.29 is 4.74 Å². The molecule has 0 amide bonds. The number of ether oxygens (including phenoxy) is 1. The van der Waals surface area contributed by atoms with E-state index in [9.17, 15) is 4.79 Å². The van der Waals surface area contributed by atoms with Gasteiger partial charge in [-0.15, -0.1) is 0 Å². The van der Waals surface area contributed by atoms with Crippen LogP contribution >= 0.6 is 11.6 Å². The number of rotatable bonds is 9. The van der Waals surface area contributed by atoms with Gasteiger partial charge in [0.2, 0.25) is 0 Å². The SMILES string of the molecule is CCc1nn(CCC2CCC(c3cccc(Cl)c3)CC2)c(=O)n1CCOc1ccccc1. The molecule has 0 N–H and O–H groups in total. The van der Waals surface area contributed by atoms with E-state index in [0.717, 1.165) is 29.4 Å². The Hall–Kier alpha value is -2.53. The summed E-state index contributed by atoms with van der Waals surface area (Å²) in [6.07, 6.45) is 6.49. The van der Waals surface area contributed by atoms with E-state index in [1.54, 1.807) is 9.25 Å². The van der Waals surface area contributed by atoms with Crippen LogP contribution in [0.25, 0.3) is 0 Å². The molecule has 2 aromatic carbocycles. The summed E-state index contributed by atoms with van der Waals surface area (Å²) < 4.78 is 9.20. The molecule has 1 aromatic heterocycles. The third-order valence-corrected chi connectivity index (χ3v) is 6.79. The predicted molar refractivity (Wildman–Crippen MR) is 129 cm³/mol. The summed E-state index contributed by atoms with van der Waals surface area (Å²) in [4.78, 5) is 12.9. The molecule has 0 aliphatic heterocycles. The summed E-state index contributed by atoms with van der Waals surface area (Å²) >= 11 is 6.17. The molecule has 170 valence electrons. The van der Waals surface area contributed by atoms with Crippen LogP contribution in [0.5, 0.6) is 5.75 Å². The van der Waals surface area contributed by atoms with Crippen LogP contribution in [0, 0.1) is 5.92 Å². The van der Waals surface area contributed by atoms with Crippen molar-refractivity contribution in [2.45, 2.75) is 64.5 Å². The van der Waals surface area contributed by atoms with Gasteiger partial charge in [-0.3, -0.25) is 4.57 Å². The average Bonchev–Trinajstić information content (AvgIpc) is 3.13. The average molecular weight is 454 g/mol. The molecule has 0 bridgehead atoms. The van der Waals surface area contributed by atoms with Gasteiger partial charge in [0.25, 0.3) is 0 Å². The summed E-state index contributed by atoms with van der Waals surface area (Å²) in [5.74, 6) is 2.90. The van der Waals surface area contributed by atoms with E-state index in [-0.39, 0.29) is 5.69 Å². The number of hydrogen-bond acceptors (Lipinski definition) is 3. The zero-order chi connectivity index (χ0) is 22.3. The fourth-order valence-corrected chi connectivity index (χ4v) is 4.94. The highest BCUT2D eigenvalue weighted by Gasteiger charge is 2.23. The van der Waals surface area contributed by atoms with Gasteiger partial charge in [0.1, 0.15) is 18.2 Å². The van der Waals surface area contributed by atoms with E-state index in [1.165, 1.54) is 31.2 Å². The van der Waals surface area contributed by atoms with Crippen LogP contribution in [0.15, 0.2) is 59.4 Å². The van der Waals surface area contributed by atoms with Gasteiger partial charge in [-0.05, 0) is 73.8 Å². The Labute approximate surface area is 195 Å². The monoisotopic (exact) mass is 453 g/mol. The minimum absolute atomic E-state index is 0.0221. The number of benzene rings is 2. The Morgan fingerprint density at radius 3 is 2.53 bits per heavy atom. The maximum absolute atomic E-state index is 12.9. The number of hydrogen-bond donors (Lipinski definition) is 0. The van der Waals surface area contributed by atoms with Crippen LogP contribution in [0.3, 0.4) is 0 Å². The topological polar surface area (TPSA) is 49.0 Å². The smallest absolute Gasteiger partial charge is 0.346 e. The van der Waals surface area contributed by atoms with Crippen molar-refractivity contribution >= 4 is 11.6 Å². The third kappa shape index (κ3) is 5.63.